The van der Waals surface area contributed by atoms with Gasteiger partial charge in [-0.25, -0.2) is 0 Å². The first-order chi connectivity index (χ1) is 10.7. The SMILES string of the molecule is C1C2CC3(CSCC4CO4)CC1CC(CSCC1CO1)(C2)C3. The van der Waals surface area contributed by atoms with Crippen molar-refractivity contribution in [2.45, 2.75) is 50.7 Å². The Kier molecular flexibility index (Phi) is 3.78. The van der Waals surface area contributed by atoms with Gasteiger partial charge < -0.3 is 9.47 Å². The van der Waals surface area contributed by atoms with Gasteiger partial charge in [0.15, 0.2) is 0 Å². The molecule has 124 valence electrons. The Morgan fingerprint density at radius 2 is 1.23 bits per heavy atom. The van der Waals surface area contributed by atoms with Crippen molar-refractivity contribution in [3.63, 3.8) is 0 Å². The first-order valence-corrected chi connectivity index (χ1v) is 11.4. The maximum atomic E-state index is 5.39. The number of epoxide rings is 2. The zero-order valence-corrected chi connectivity index (χ0v) is 15.1. The molecule has 0 aromatic heterocycles. The van der Waals surface area contributed by atoms with Gasteiger partial charge in [0.2, 0.25) is 0 Å². The van der Waals surface area contributed by atoms with E-state index >= 15 is 0 Å². The van der Waals surface area contributed by atoms with Crippen LogP contribution in [0, 0.1) is 22.7 Å². The van der Waals surface area contributed by atoms with E-state index in [4.69, 9.17) is 9.47 Å². The first kappa shape index (κ1) is 14.9. The summed E-state index contributed by atoms with van der Waals surface area (Å²) in [5.41, 5.74) is 1.39. The maximum absolute atomic E-state index is 5.39. The average molecular weight is 341 g/mol. The van der Waals surface area contributed by atoms with Gasteiger partial charge in [-0.3, -0.25) is 0 Å². The van der Waals surface area contributed by atoms with Gasteiger partial charge in [-0.2, -0.15) is 23.5 Å². The number of ether oxygens (including phenoxy) is 2. The molecule has 0 aromatic rings. The van der Waals surface area contributed by atoms with Gasteiger partial charge in [0.25, 0.3) is 0 Å². The summed E-state index contributed by atoms with van der Waals surface area (Å²) in [5, 5.41) is 0. The van der Waals surface area contributed by atoms with Gasteiger partial charge in [-0.1, -0.05) is 0 Å². The van der Waals surface area contributed by atoms with Crippen molar-refractivity contribution >= 4 is 23.5 Å². The number of hydrogen-bond donors (Lipinski definition) is 0. The lowest BCUT2D eigenvalue weighted by Gasteiger charge is -2.62. The van der Waals surface area contributed by atoms with Crippen molar-refractivity contribution in [3.8, 4) is 0 Å². The third-order valence-corrected chi connectivity index (χ3v) is 9.38. The van der Waals surface area contributed by atoms with Crippen molar-refractivity contribution in [1.29, 1.82) is 0 Å². The molecule has 2 atom stereocenters. The minimum atomic E-state index is 0.599. The molecule has 4 saturated carbocycles. The summed E-state index contributed by atoms with van der Waals surface area (Å²) in [4.78, 5) is 0. The minimum Gasteiger partial charge on any atom is -0.372 e. The van der Waals surface area contributed by atoms with Crippen molar-refractivity contribution in [1.82, 2.24) is 0 Å². The molecule has 6 fully saturated rings. The molecule has 2 unspecified atom stereocenters. The van der Waals surface area contributed by atoms with E-state index in [0.717, 1.165) is 25.0 Å². The van der Waals surface area contributed by atoms with Crippen LogP contribution in [0.2, 0.25) is 0 Å². The molecule has 22 heavy (non-hydrogen) atoms. The molecule has 2 saturated heterocycles. The van der Waals surface area contributed by atoms with Crippen LogP contribution in [0.3, 0.4) is 0 Å². The van der Waals surface area contributed by atoms with E-state index in [1.54, 1.807) is 32.1 Å². The fourth-order valence-corrected chi connectivity index (χ4v) is 8.82. The van der Waals surface area contributed by atoms with Gasteiger partial charge in [0.05, 0.1) is 25.4 Å². The Morgan fingerprint density at radius 1 is 0.773 bits per heavy atom. The van der Waals surface area contributed by atoms with Crippen molar-refractivity contribution in [3.05, 3.63) is 0 Å². The standard InChI is InChI=1S/C18H28O2S2/c1-13-2-17(11-21-8-15-6-19-15)4-14(1)5-18(3-13,10-17)12-22-9-16-7-20-16/h13-16H,1-12H2. The maximum Gasteiger partial charge on any atom is 0.0900 e. The van der Waals surface area contributed by atoms with Crippen LogP contribution < -0.4 is 0 Å². The summed E-state index contributed by atoms with van der Waals surface area (Å²) >= 11 is 4.40. The van der Waals surface area contributed by atoms with E-state index in [-0.39, 0.29) is 0 Å². The summed E-state index contributed by atoms with van der Waals surface area (Å²) in [6.07, 6.45) is 10.4. The minimum absolute atomic E-state index is 0.599. The Hall–Kier alpha value is 0.620. The summed E-state index contributed by atoms with van der Waals surface area (Å²) in [7, 11) is 0. The van der Waals surface area contributed by atoms with Crippen molar-refractivity contribution in [2.24, 2.45) is 22.7 Å². The Morgan fingerprint density at radius 3 is 1.64 bits per heavy atom. The van der Waals surface area contributed by atoms with Crippen LogP contribution >= 0.6 is 23.5 Å². The van der Waals surface area contributed by atoms with Crippen LogP contribution in [0.15, 0.2) is 0 Å². The molecule has 4 bridgehead atoms. The highest BCUT2D eigenvalue weighted by molar-refractivity contribution is 7.99. The van der Waals surface area contributed by atoms with Crippen LogP contribution in [0.4, 0.5) is 0 Å². The van der Waals surface area contributed by atoms with Gasteiger partial charge in [-0.05, 0) is 72.7 Å². The number of thioether (sulfide) groups is 2. The second kappa shape index (κ2) is 5.57. The summed E-state index contributed by atoms with van der Waals surface area (Å²) in [6, 6.07) is 0. The smallest absolute Gasteiger partial charge is 0.0900 e. The highest BCUT2D eigenvalue weighted by Gasteiger charge is 2.57. The zero-order valence-electron chi connectivity index (χ0n) is 13.4. The van der Waals surface area contributed by atoms with Crippen LogP contribution in [0.5, 0.6) is 0 Å². The van der Waals surface area contributed by atoms with E-state index in [9.17, 15) is 0 Å². The van der Waals surface area contributed by atoms with Crippen molar-refractivity contribution in [2.75, 3.05) is 36.2 Å². The number of rotatable bonds is 8. The van der Waals surface area contributed by atoms with Crippen LogP contribution in [-0.4, -0.2) is 48.4 Å². The molecule has 0 aromatic carbocycles. The Balaban J connectivity index is 1.23. The second-order valence-corrected chi connectivity index (χ2v) is 11.0. The van der Waals surface area contributed by atoms with Gasteiger partial charge in [-0.15, -0.1) is 0 Å². The predicted octanol–water partition coefficient (Wildman–Crippen LogP) is 3.84. The largest absolute Gasteiger partial charge is 0.372 e. The molecule has 2 aliphatic heterocycles. The third-order valence-electron chi connectivity index (χ3n) is 6.53. The predicted molar refractivity (Wildman–Crippen MR) is 93.7 cm³/mol. The molecule has 4 heteroatoms. The lowest BCUT2D eigenvalue weighted by Crippen LogP contribution is -2.54. The van der Waals surface area contributed by atoms with Crippen molar-refractivity contribution < 1.29 is 9.47 Å². The molecule has 2 nitrogen and oxygen atoms in total. The lowest BCUT2D eigenvalue weighted by atomic mass is 9.45. The van der Waals surface area contributed by atoms with E-state index in [2.05, 4.69) is 23.5 Å². The summed E-state index contributed by atoms with van der Waals surface area (Å²) < 4.78 is 10.8. The van der Waals surface area contributed by atoms with E-state index in [1.165, 1.54) is 29.4 Å². The molecular formula is C18H28O2S2. The van der Waals surface area contributed by atoms with E-state index in [0.29, 0.717) is 23.0 Å². The second-order valence-electron chi connectivity index (χ2n) is 8.90. The normalized spacial score (nSPS) is 51.3. The lowest BCUT2D eigenvalue weighted by molar-refractivity contribution is -0.0870. The van der Waals surface area contributed by atoms with Gasteiger partial charge >= 0.3 is 0 Å². The molecule has 0 spiro atoms. The first-order valence-electron chi connectivity index (χ1n) is 9.11. The van der Waals surface area contributed by atoms with Crippen LogP contribution in [-0.2, 0) is 9.47 Å². The van der Waals surface area contributed by atoms with Gasteiger partial charge in [0, 0.05) is 11.5 Å². The third kappa shape index (κ3) is 3.10. The molecule has 4 aliphatic carbocycles. The topological polar surface area (TPSA) is 25.1 Å². The van der Waals surface area contributed by atoms with Crippen LogP contribution in [0.25, 0.3) is 0 Å². The Labute approximate surface area is 142 Å². The fraction of sp³-hybridized carbons (Fsp3) is 1.00. The van der Waals surface area contributed by atoms with E-state index in [1.807, 2.05) is 0 Å². The molecular weight excluding hydrogens is 312 g/mol. The van der Waals surface area contributed by atoms with Crippen LogP contribution in [0.1, 0.15) is 38.5 Å². The monoisotopic (exact) mass is 340 g/mol. The molecule has 6 aliphatic rings. The highest BCUT2D eigenvalue weighted by Crippen LogP contribution is 2.66. The van der Waals surface area contributed by atoms with Gasteiger partial charge in [0.1, 0.15) is 0 Å². The fourth-order valence-electron chi connectivity index (χ4n) is 6.13. The molecule has 6 rings (SSSR count). The average Bonchev–Trinajstić information content (AvgIpc) is 3.31. The van der Waals surface area contributed by atoms with E-state index < -0.39 is 0 Å². The quantitative estimate of drug-likeness (QED) is 0.627. The molecule has 2 heterocycles. The molecule has 0 radical (unpaired) electrons. The number of hydrogen-bond acceptors (Lipinski definition) is 4. The molecule has 0 N–H and O–H groups in total. The Bertz CT molecular complexity index is 383. The summed E-state index contributed by atoms with van der Waals surface area (Å²) in [5.74, 6) is 7.43. The molecule has 0 amide bonds. The summed E-state index contributed by atoms with van der Waals surface area (Å²) in [6.45, 7) is 2.05. The zero-order chi connectivity index (χ0) is 14.6. The highest BCUT2D eigenvalue weighted by atomic mass is 32.2.